The van der Waals surface area contributed by atoms with Crippen LogP contribution in [0.15, 0.2) is 29.2 Å². The maximum Gasteiger partial charge on any atom is 0.242 e. The van der Waals surface area contributed by atoms with Gasteiger partial charge in [-0.05, 0) is 31.9 Å². The molecule has 0 aliphatic heterocycles. The van der Waals surface area contributed by atoms with Crippen LogP contribution in [0.3, 0.4) is 0 Å². The normalized spacial score (nSPS) is 18.9. The molecule has 19 heavy (non-hydrogen) atoms. The van der Waals surface area contributed by atoms with Crippen LogP contribution >= 0.6 is 0 Å². The molecule has 0 aromatic heterocycles. The minimum absolute atomic E-state index is 0.170. The summed E-state index contributed by atoms with van der Waals surface area (Å²) >= 11 is 0. The Morgan fingerprint density at radius 3 is 2.26 bits per heavy atom. The average Bonchev–Trinajstić information content (AvgIpc) is 2.76. The number of likely N-dealkylation sites (N-methyl/N-ethyl adjacent to an activating group) is 1. The Hall–Kier alpha value is -0.910. The predicted molar refractivity (Wildman–Crippen MR) is 74.4 cm³/mol. The minimum atomic E-state index is -3.51. The molecule has 0 unspecified atom stereocenters. The first kappa shape index (κ1) is 14.5. The first-order chi connectivity index (χ1) is 8.83. The van der Waals surface area contributed by atoms with Crippen LogP contribution in [0.5, 0.6) is 0 Å². The first-order valence-corrected chi connectivity index (χ1v) is 8.03. The number of aliphatic hydroxyl groups is 1. The van der Waals surface area contributed by atoms with Crippen molar-refractivity contribution in [2.45, 2.75) is 43.1 Å². The molecule has 0 atom stereocenters. The van der Waals surface area contributed by atoms with Gasteiger partial charge in [-0.2, -0.15) is 4.31 Å². The summed E-state index contributed by atoms with van der Waals surface area (Å²) in [7, 11) is -1.97. The zero-order valence-electron chi connectivity index (χ0n) is 11.5. The molecular formula is C14H21NO3S. The van der Waals surface area contributed by atoms with Crippen LogP contribution in [-0.2, 0) is 10.0 Å². The van der Waals surface area contributed by atoms with Crippen molar-refractivity contribution in [1.29, 1.82) is 0 Å². The van der Waals surface area contributed by atoms with E-state index in [2.05, 4.69) is 0 Å². The standard InChI is InChI=1S/C14H21NO3S/c1-12-5-7-13(8-6-12)19(17,18)15(2)11-14(16)9-3-4-10-14/h5-8,16H,3-4,9-11H2,1-2H3. The van der Waals surface area contributed by atoms with E-state index in [1.165, 1.54) is 11.4 Å². The molecule has 0 amide bonds. The topological polar surface area (TPSA) is 57.6 Å². The van der Waals surface area contributed by atoms with Gasteiger partial charge >= 0.3 is 0 Å². The van der Waals surface area contributed by atoms with E-state index in [0.717, 1.165) is 18.4 Å². The van der Waals surface area contributed by atoms with Crippen LogP contribution in [0.1, 0.15) is 31.2 Å². The highest BCUT2D eigenvalue weighted by atomic mass is 32.2. The molecule has 0 heterocycles. The number of hydrogen-bond acceptors (Lipinski definition) is 3. The van der Waals surface area contributed by atoms with Gasteiger partial charge in [-0.3, -0.25) is 0 Å². The molecule has 2 rings (SSSR count). The van der Waals surface area contributed by atoms with Crippen molar-refractivity contribution in [1.82, 2.24) is 4.31 Å². The molecular weight excluding hydrogens is 262 g/mol. The Balaban J connectivity index is 2.17. The van der Waals surface area contributed by atoms with Gasteiger partial charge in [0, 0.05) is 13.6 Å². The van der Waals surface area contributed by atoms with Gasteiger partial charge in [0.25, 0.3) is 0 Å². The van der Waals surface area contributed by atoms with Gasteiger partial charge in [-0.1, -0.05) is 30.5 Å². The van der Waals surface area contributed by atoms with E-state index in [9.17, 15) is 13.5 Å². The molecule has 1 aromatic carbocycles. The summed E-state index contributed by atoms with van der Waals surface area (Å²) in [6, 6.07) is 6.79. The van der Waals surface area contributed by atoms with E-state index >= 15 is 0 Å². The van der Waals surface area contributed by atoms with Crippen molar-refractivity contribution in [2.24, 2.45) is 0 Å². The number of benzene rings is 1. The van der Waals surface area contributed by atoms with Crippen molar-refractivity contribution in [2.75, 3.05) is 13.6 Å². The van der Waals surface area contributed by atoms with E-state index in [-0.39, 0.29) is 11.4 Å². The fourth-order valence-electron chi connectivity index (χ4n) is 2.58. The summed E-state index contributed by atoms with van der Waals surface area (Å²) < 4.78 is 26.0. The third-order valence-corrected chi connectivity index (χ3v) is 5.60. The SMILES string of the molecule is Cc1ccc(S(=O)(=O)N(C)CC2(O)CCCC2)cc1. The lowest BCUT2D eigenvalue weighted by atomic mass is 10.0. The van der Waals surface area contributed by atoms with E-state index in [1.807, 2.05) is 6.92 Å². The summed E-state index contributed by atoms with van der Waals surface area (Å²) in [6.07, 6.45) is 3.30. The van der Waals surface area contributed by atoms with Crippen LogP contribution in [0.25, 0.3) is 0 Å². The molecule has 1 fully saturated rings. The summed E-state index contributed by atoms with van der Waals surface area (Å²) in [6.45, 7) is 2.09. The van der Waals surface area contributed by atoms with Crippen molar-refractivity contribution >= 4 is 10.0 Å². The molecule has 5 heteroatoms. The maximum atomic E-state index is 12.4. The molecule has 1 aromatic rings. The fourth-order valence-corrected chi connectivity index (χ4v) is 3.83. The van der Waals surface area contributed by atoms with E-state index in [0.29, 0.717) is 12.8 Å². The maximum absolute atomic E-state index is 12.4. The number of aryl methyl sites for hydroxylation is 1. The molecule has 4 nitrogen and oxygen atoms in total. The van der Waals surface area contributed by atoms with Crippen LogP contribution < -0.4 is 0 Å². The highest BCUT2D eigenvalue weighted by molar-refractivity contribution is 7.89. The summed E-state index contributed by atoms with van der Waals surface area (Å²) in [4.78, 5) is 0.280. The number of rotatable bonds is 4. The molecule has 1 aliphatic rings. The zero-order chi connectivity index (χ0) is 14.1. The second-order valence-corrected chi connectivity index (χ2v) is 7.55. The predicted octanol–water partition coefficient (Wildman–Crippen LogP) is 1.92. The van der Waals surface area contributed by atoms with E-state index in [1.54, 1.807) is 24.3 Å². The number of nitrogens with zero attached hydrogens (tertiary/aromatic N) is 1. The second-order valence-electron chi connectivity index (χ2n) is 5.51. The Morgan fingerprint density at radius 1 is 1.21 bits per heavy atom. The first-order valence-electron chi connectivity index (χ1n) is 6.59. The zero-order valence-corrected chi connectivity index (χ0v) is 12.3. The lowest BCUT2D eigenvalue weighted by Crippen LogP contribution is -2.41. The average molecular weight is 283 g/mol. The van der Waals surface area contributed by atoms with Crippen LogP contribution in [-0.4, -0.2) is 37.0 Å². The lowest BCUT2D eigenvalue weighted by molar-refractivity contribution is 0.0333. The smallest absolute Gasteiger partial charge is 0.242 e. The second kappa shape index (κ2) is 5.23. The van der Waals surface area contributed by atoms with E-state index < -0.39 is 15.6 Å². The third kappa shape index (κ3) is 3.16. The molecule has 0 radical (unpaired) electrons. The van der Waals surface area contributed by atoms with Gasteiger partial charge in [0.1, 0.15) is 0 Å². The van der Waals surface area contributed by atoms with Crippen molar-refractivity contribution in [3.8, 4) is 0 Å². The van der Waals surface area contributed by atoms with Crippen molar-refractivity contribution in [3.05, 3.63) is 29.8 Å². The fraction of sp³-hybridized carbons (Fsp3) is 0.571. The van der Waals surface area contributed by atoms with Gasteiger partial charge in [-0.25, -0.2) is 8.42 Å². The Bertz CT molecular complexity index is 530. The van der Waals surface area contributed by atoms with Gasteiger partial charge in [-0.15, -0.1) is 0 Å². The third-order valence-electron chi connectivity index (χ3n) is 3.78. The molecule has 0 bridgehead atoms. The lowest BCUT2D eigenvalue weighted by Gasteiger charge is -2.28. The van der Waals surface area contributed by atoms with Gasteiger partial charge < -0.3 is 5.11 Å². The van der Waals surface area contributed by atoms with Crippen molar-refractivity contribution in [3.63, 3.8) is 0 Å². The highest BCUT2D eigenvalue weighted by Crippen LogP contribution is 2.31. The summed E-state index contributed by atoms with van der Waals surface area (Å²) in [5.41, 5.74) is 0.169. The minimum Gasteiger partial charge on any atom is -0.389 e. The molecule has 1 N–H and O–H groups in total. The molecule has 1 saturated carbocycles. The Labute approximate surface area is 115 Å². The van der Waals surface area contributed by atoms with Crippen LogP contribution in [0.2, 0.25) is 0 Å². The summed E-state index contributed by atoms with van der Waals surface area (Å²) in [5.74, 6) is 0. The Morgan fingerprint density at radius 2 is 1.74 bits per heavy atom. The van der Waals surface area contributed by atoms with Crippen LogP contribution in [0.4, 0.5) is 0 Å². The molecule has 1 aliphatic carbocycles. The Kier molecular flexibility index (Phi) is 3.99. The van der Waals surface area contributed by atoms with Gasteiger partial charge in [0.15, 0.2) is 0 Å². The molecule has 0 saturated heterocycles. The molecule has 0 spiro atoms. The summed E-state index contributed by atoms with van der Waals surface area (Å²) in [5, 5.41) is 10.3. The van der Waals surface area contributed by atoms with Crippen molar-refractivity contribution < 1.29 is 13.5 Å². The quantitative estimate of drug-likeness (QED) is 0.918. The van der Waals surface area contributed by atoms with Gasteiger partial charge in [0.2, 0.25) is 10.0 Å². The highest BCUT2D eigenvalue weighted by Gasteiger charge is 2.35. The van der Waals surface area contributed by atoms with Gasteiger partial charge in [0.05, 0.1) is 10.5 Å². The number of hydrogen-bond donors (Lipinski definition) is 1. The number of sulfonamides is 1. The monoisotopic (exact) mass is 283 g/mol. The molecule has 106 valence electrons. The van der Waals surface area contributed by atoms with E-state index in [4.69, 9.17) is 0 Å². The largest absolute Gasteiger partial charge is 0.389 e. The van der Waals surface area contributed by atoms with Crippen LogP contribution in [0, 0.1) is 6.92 Å².